The first-order valence-corrected chi connectivity index (χ1v) is 11.9. The number of benzene rings is 2. The summed E-state index contributed by atoms with van der Waals surface area (Å²) in [6, 6.07) is 18.3. The molecule has 2 saturated heterocycles. The van der Waals surface area contributed by atoms with Crippen LogP contribution in [-0.2, 0) is 11.3 Å². The van der Waals surface area contributed by atoms with Gasteiger partial charge in [-0.2, -0.15) is 0 Å². The molecule has 2 aromatic rings. The van der Waals surface area contributed by atoms with E-state index in [1.807, 2.05) is 37.4 Å². The predicted octanol–water partition coefficient (Wildman–Crippen LogP) is 3.85. The van der Waals surface area contributed by atoms with Crippen molar-refractivity contribution in [2.75, 3.05) is 33.3 Å². The van der Waals surface area contributed by atoms with Crippen LogP contribution in [0.5, 0.6) is 0 Å². The highest BCUT2D eigenvalue weighted by molar-refractivity contribution is 5.94. The third-order valence-corrected chi connectivity index (χ3v) is 6.24. The number of ether oxygens (including phenoxy) is 1. The number of likely N-dealkylation sites (tertiary alicyclic amines) is 1. The maximum absolute atomic E-state index is 12.5. The normalized spacial score (nSPS) is 18.8. The minimum Gasteiger partial charge on any atom is -0.376 e. The third-order valence-electron chi connectivity index (χ3n) is 6.24. The molecule has 0 spiro atoms. The molecule has 0 bridgehead atoms. The van der Waals surface area contributed by atoms with Gasteiger partial charge in [0.15, 0.2) is 5.96 Å². The number of carbonyl (C=O) groups excluding carboxylic acids is 1. The number of aliphatic imine (C=N–C) groups is 1. The number of carbonyl (C=O) groups is 1. The number of rotatable bonds is 6. The van der Waals surface area contributed by atoms with Gasteiger partial charge in [0.1, 0.15) is 0 Å². The van der Waals surface area contributed by atoms with Gasteiger partial charge in [0.05, 0.1) is 6.10 Å². The van der Waals surface area contributed by atoms with Gasteiger partial charge >= 0.3 is 0 Å². The highest BCUT2D eigenvalue weighted by Crippen LogP contribution is 2.19. The Morgan fingerprint density at radius 2 is 1.94 bits per heavy atom. The number of guanidine groups is 1. The molecule has 174 valence electrons. The molecule has 1 amide bonds. The molecule has 2 aliphatic rings. The topological polar surface area (TPSA) is 66.0 Å². The Hall–Kier alpha value is -3.12. The molecule has 2 heterocycles. The third kappa shape index (κ3) is 6.68. The summed E-state index contributed by atoms with van der Waals surface area (Å²) in [6.45, 7) is 3.89. The van der Waals surface area contributed by atoms with Crippen LogP contribution in [0.2, 0.25) is 0 Å². The Morgan fingerprint density at radius 3 is 2.67 bits per heavy atom. The van der Waals surface area contributed by atoms with Crippen LogP contribution in [0.3, 0.4) is 0 Å². The lowest BCUT2D eigenvalue weighted by Crippen LogP contribution is -2.44. The second kappa shape index (κ2) is 11.7. The fourth-order valence-electron chi connectivity index (χ4n) is 4.38. The van der Waals surface area contributed by atoms with E-state index in [2.05, 4.69) is 50.9 Å². The Labute approximate surface area is 196 Å². The Morgan fingerprint density at radius 1 is 1.12 bits per heavy atom. The highest BCUT2D eigenvalue weighted by atomic mass is 16.5. The summed E-state index contributed by atoms with van der Waals surface area (Å²) in [6.07, 6.45) is 6.62. The summed E-state index contributed by atoms with van der Waals surface area (Å²) < 4.78 is 5.59. The van der Waals surface area contributed by atoms with E-state index in [1.54, 1.807) is 0 Å². The van der Waals surface area contributed by atoms with Crippen molar-refractivity contribution >= 4 is 17.9 Å². The molecule has 0 aliphatic carbocycles. The van der Waals surface area contributed by atoms with Crippen molar-refractivity contribution in [1.29, 1.82) is 0 Å². The van der Waals surface area contributed by atoms with E-state index < -0.39 is 0 Å². The molecule has 0 aromatic heterocycles. The van der Waals surface area contributed by atoms with Crippen molar-refractivity contribution < 1.29 is 9.53 Å². The van der Waals surface area contributed by atoms with E-state index in [4.69, 9.17) is 4.74 Å². The minimum absolute atomic E-state index is 0.0505. The van der Waals surface area contributed by atoms with E-state index in [9.17, 15) is 4.79 Å². The molecule has 1 unspecified atom stereocenters. The van der Waals surface area contributed by atoms with E-state index in [-0.39, 0.29) is 12.0 Å². The van der Waals surface area contributed by atoms with Gasteiger partial charge in [-0.15, -0.1) is 0 Å². The molecular formula is C27H34N4O2. The molecule has 33 heavy (non-hydrogen) atoms. The number of piperidine rings is 1. The first kappa shape index (κ1) is 23.1. The van der Waals surface area contributed by atoms with Crippen LogP contribution in [0.25, 0.3) is 6.08 Å². The minimum atomic E-state index is -0.0505. The predicted molar refractivity (Wildman–Crippen MR) is 133 cm³/mol. The van der Waals surface area contributed by atoms with Gasteiger partial charge in [0, 0.05) is 45.4 Å². The maximum atomic E-state index is 12.5. The number of hydrogen-bond acceptors (Lipinski definition) is 3. The SMILES string of the molecule is CN=C(NCc1cccc(C(=O)NCC2CCCO2)c1)N1CCC(=Cc2ccccc2)CC1. The van der Waals surface area contributed by atoms with E-state index >= 15 is 0 Å². The largest absolute Gasteiger partial charge is 0.376 e. The molecule has 2 N–H and O–H groups in total. The molecular weight excluding hydrogens is 412 g/mol. The molecule has 1 atom stereocenters. The van der Waals surface area contributed by atoms with Crippen molar-refractivity contribution in [3.63, 3.8) is 0 Å². The first-order chi connectivity index (χ1) is 16.2. The zero-order valence-corrected chi connectivity index (χ0v) is 19.4. The monoisotopic (exact) mass is 446 g/mol. The molecule has 6 nitrogen and oxygen atoms in total. The van der Waals surface area contributed by atoms with E-state index in [1.165, 1.54) is 11.1 Å². The Kier molecular flexibility index (Phi) is 8.14. The van der Waals surface area contributed by atoms with Crippen molar-refractivity contribution in [3.8, 4) is 0 Å². The lowest BCUT2D eigenvalue weighted by molar-refractivity contribution is 0.0857. The number of nitrogens with one attached hydrogen (secondary N) is 2. The van der Waals surface area contributed by atoms with Crippen molar-refractivity contribution in [2.24, 2.45) is 4.99 Å². The zero-order chi connectivity index (χ0) is 22.9. The van der Waals surface area contributed by atoms with Crippen molar-refractivity contribution in [2.45, 2.75) is 38.3 Å². The summed E-state index contributed by atoms with van der Waals surface area (Å²) >= 11 is 0. The van der Waals surface area contributed by atoms with Gasteiger partial charge in [-0.25, -0.2) is 0 Å². The standard InChI is InChI=1S/C27H34N4O2/c1-28-27(31-14-12-22(13-15-31)17-21-7-3-2-4-8-21)30-19-23-9-5-10-24(18-23)26(32)29-20-25-11-6-16-33-25/h2-5,7-10,17-18,25H,6,11-16,19-20H2,1H3,(H,28,30)(H,29,32). The molecule has 2 aromatic carbocycles. The van der Waals surface area contributed by atoms with Crippen LogP contribution in [0.4, 0.5) is 0 Å². The second-order valence-electron chi connectivity index (χ2n) is 8.65. The van der Waals surface area contributed by atoms with Crippen molar-refractivity contribution in [1.82, 2.24) is 15.5 Å². The van der Waals surface area contributed by atoms with Gasteiger partial charge in [0.2, 0.25) is 0 Å². The lowest BCUT2D eigenvalue weighted by Gasteiger charge is -2.31. The average molecular weight is 447 g/mol. The number of nitrogens with zero attached hydrogens (tertiary/aromatic N) is 2. The van der Waals surface area contributed by atoms with E-state index in [0.717, 1.165) is 56.9 Å². The van der Waals surface area contributed by atoms with Crippen LogP contribution < -0.4 is 10.6 Å². The Balaban J connectivity index is 1.27. The summed E-state index contributed by atoms with van der Waals surface area (Å²) in [5, 5.41) is 6.46. The van der Waals surface area contributed by atoms with Crippen molar-refractivity contribution in [3.05, 3.63) is 76.9 Å². The average Bonchev–Trinajstić information content (AvgIpc) is 3.38. The molecule has 4 rings (SSSR count). The summed E-state index contributed by atoms with van der Waals surface area (Å²) in [4.78, 5) is 19.3. The van der Waals surface area contributed by atoms with Gasteiger partial charge in [-0.3, -0.25) is 9.79 Å². The molecule has 0 saturated carbocycles. The molecule has 0 radical (unpaired) electrons. The lowest BCUT2D eigenvalue weighted by atomic mass is 10.0. The first-order valence-electron chi connectivity index (χ1n) is 11.9. The number of amides is 1. The summed E-state index contributed by atoms with van der Waals surface area (Å²) in [5.74, 6) is 0.854. The molecule has 6 heteroatoms. The zero-order valence-electron chi connectivity index (χ0n) is 19.4. The van der Waals surface area contributed by atoms with Crippen LogP contribution in [-0.4, -0.2) is 56.2 Å². The Bertz CT molecular complexity index is 971. The summed E-state index contributed by atoms with van der Waals surface area (Å²) in [7, 11) is 1.83. The van der Waals surface area contributed by atoms with Gasteiger partial charge in [-0.05, 0) is 48.9 Å². The fraction of sp³-hybridized carbons (Fsp3) is 0.407. The van der Waals surface area contributed by atoms with Gasteiger partial charge < -0.3 is 20.3 Å². The van der Waals surface area contributed by atoms with Crippen LogP contribution in [0.1, 0.15) is 47.2 Å². The maximum Gasteiger partial charge on any atom is 0.251 e. The van der Waals surface area contributed by atoms with Crippen LogP contribution in [0.15, 0.2) is 65.2 Å². The smallest absolute Gasteiger partial charge is 0.251 e. The molecule has 2 aliphatic heterocycles. The highest BCUT2D eigenvalue weighted by Gasteiger charge is 2.18. The van der Waals surface area contributed by atoms with Gasteiger partial charge in [-0.1, -0.05) is 54.1 Å². The van der Waals surface area contributed by atoms with E-state index in [0.29, 0.717) is 18.7 Å². The quantitative estimate of drug-likeness (QED) is 0.523. The fourth-order valence-corrected chi connectivity index (χ4v) is 4.38. The van der Waals surface area contributed by atoms with Crippen LogP contribution >= 0.6 is 0 Å². The number of hydrogen-bond donors (Lipinski definition) is 2. The summed E-state index contributed by atoms with van der Waals surface area (Å²) in [5.41, 5.74) is 4.48. The molecule has 2 fully saturated rings. The second-order valence-corrected chi connectivity index (χ2v) is 8.65. The van der Waals surface area contributed by atoms with Crippen LogP contribution in [0, 0.1) is 0 Å². The van der Waals surface area contributed by atoms with Gasteiger partial charge in [0.25, 0.3) is 5.91 Å².